The normalized spacial score (nSPS) is 11.8. The van der Waals surface area contributed by atoms with Crippen LogP contribution in [0.25, 0.3) is 0 Å². The van der Waals surface area contributed by atoms with Gasteiger partial charge in [-0.25, -0.2) is 0 Å². The topological polar surface area (TPSA) is 75.5 Å². The van der Waals surface area contributed by atoms with Gasteiger partial charge in [0.05, 0.1) is 4.92 Å². The molecule has 1 unspecified atom stereocenters. The van der Waals surface area contributed by atoms with Crippen LogP contribution in [-0.2, 0) is 4.79 Å². The highest BCUT2D eigenvalue weighted by molar-refractivity contribution is 9.10. The molecule has 98 valence electrons. The van der Waals surface area contributed by atoms with Crippen LogP contribution >= 0.6 is 15.9 Å². The molecule has 0 aliphatic heterocycles. The maximum absolute atomic E-state index is 11.7. The van der Waals surface area contributed by atoms with Gasteiger partial charge in [-0.05, 0) is 19.1 Å². The molecule has 0 saturated heterocycles. The Labute approximate surface area is 113 Å². The molecular weight excluding hydrogens is 302 g/mol. The molecule has 0 aliphatic carbocycles. The van der Waals surface area contributed by atoms with Crippen molar-refractivity contribution in [1.29, 1.82) is 0 Å². The van der Waals surface area contributed by atoms with Crippen molar-refractivity contribution < 1.29 is 9.72 Å². The average Bonchev–Trinajstić information content (AvgIpc) is 2.27. The summed E-state index contributed by atoms with van der Waals surface area (Å²) in [7, 11) is 3.27. The predicted molar refractivity (Wildman–Crippen MR) is 72.6 cm³/mol. The minimum Gasteiger partial charge on any atom is -0.368 e. The Hall–Kier alpha value is -1.63. The number of halogens is 1. The Bertz CT molecular complexity index is 477. The third kappa shape index (κ3) is 3.43. The van der Waals surface area contributed by atoms with E-state index in [2.05, 4.69) is 21.2 Å². The number of rotatable bonds is 4. The van der Waals surface area contributed by atoms with E-state index in [0.29, 0.717) is 10.2 Å². The molecule has 1 aromatic rings. The summed E-state index contributed by atoms with van der Waals surface area (Å²) in [5.74, 6) is -0.149. The van der Waals surface area contributed by atoms with Gasteiger partial charge in [0.25, 0.3) is 5.69 Å². The summed E-state index contributed by atoms with van der Waals surface area (Å²) >= 11 is 3.24. The lowest BCUT2D eigenvalue weighted by atomic mass is 10.2. The largest absolute Gasteiger partial charge is 0.368 e. The number of carbonyl (C=O) groups excluding carboxylic acids is 1. The molecule has 0 fully saturated rings. The van der Waals surface area contributed by atoms with Crippen molar-refractivity contribution in [3.8, 4) is 0 Å². The van der Waals surface area contributed by atoms with E-state index in [4.69, 9.17) is 0 Å². The molecule has 0 radical (unpaired) electrons. The van der Waals surface area contributed by atoms with E-state index in [1.807, 2.05) is 0 Å². The van der Waals surface area contributed by atoms with Gasteiger partial charge in [-0.15, -0.1) is 0 Å². The van der Waals surface area contributed by atoms with E-state index in [-0.39, 0.29) is 11.6 Å². The molecule has 0 saturated carbocycles. The van der Waals surface area contributed by atoms with Gasteiger partial charge in [-0.3, -0.25) is 14.9 Å². The van der Waals surface area contributed by atoms with Crippen LogP contribution in [0.4, 0.5) is 11.4 Å². The van der Waals surface area contributed by atoms with Crippen LogP contribution in [0.15, 0.2) is 22.7 Å². The number of amides is 1. The highest BCUT2D eigenvalue weighted by Crippen LogP contribution is 2.28. The molecule has 1 rings (SSSR count). The molecule has 18 heavy (non-hydrogen) atoms. The maximum atomic E-state index is 11.7. The number of anilines is 1. The van der Waals surface area contributed by atoms with Crippen LogP contribution in [-0.4, -0.2) is 35.9 Å². The number of carbonyl (C=O) groups is 1. The quantitative estimate of drug-likeness (QED) is 0.683. The SMILES string of the molecule is CC(Nc1cc(Br)ccc1[N+](=O)[O-])C(=O)N(C)C. The molecule has 6 nitrogen and oxygen atoms in total. The van der Waals surface area contributed by atoms with Crippen LogP contribution in [0.1, 0.15) is 6.92 Å². The minimum absolute atomic E-state index is 0.0587. The summed E-state index contributed by atoms with van der Waals surface area (Å²) in [6.45, 7) is 1.66. The molecule has 1 aromatic carbocycles. The van der Waals surface area contributed by atoms with Crippen molar-refractivity contribution in [1.82, 2.24) is 4.90 Å². The lowest BCUT2D eigenvalue weighted by Crippen LogP contribution is -2.36. The zero-order valence-corrected chi connectivity index (χ0v) is 11.9. The summed E-state index contributed by atoms with van der Waals surface area (Å²) in [6, 6.07) is 4.02. The number of nitrogens with one attached hydrogen (secondary N) is 1. The summed E-state index contributed by atoms with van der Waals surface area (Å²) in [4.78, 5) is 23.5. The molecule has 7 heteroatoms. The van der Waals surface area contributed by atoms with Gasteiger partial charge in [0, 0.05) is 24.6 Å². The fraction of sp³-hybridized carbons (Fsp3) is 0.364. The first kappa shape index (κ1) is 14.4. The molecule has 0 spiro atoms. The first-order valence-electron chi connectivity index (χ1n) is 5.24. The van der Waals surface area contributed by atoms with E-state index in [0.717, 1.165) is 0 Å². The zero-order chi connectivity index (χ0) is 13.9. The third-order valence-corrected chi connectivity index (χ3v) is 2.83. The predicted octanol–water partition coefficient (Wildman–Crippen LogP) is 2.25. The second kappa shape index (κ2) is 5.81. The van der Waals surface area contributed by atoms with Crippen molar-refractivity contribution in [2.24, 2.45) is 0 Å². The van der Waals surface area contributed by atoms with Crippen molar-refractivity contribution in [2.45, 2.75) is 13.0 Å². The monoisotopic (exact) mass is 315 g/mol. The van der Waals surface area contributed by atoms with Gasteiger partial charge in [0.2, 0.25) is 5.91 Å². The molecule has 0 aliphatic rings. The van der Waals surface area contributed by atoms with E-state index in [1.165, 1.54) is 11.0 Å². The van der Waals surface area contributed by atoms with Gasteiger partial charge in [-0.1, -0.05) is 15.9 Å². The lowest BCUT2D eigenvalue weighted by molar-refractivity contribution is -0.384. The van der Waals surface area contributed by atoms with Crippen LogP contribution in [0.5, 0.6) is 0 Å². The summed E-state index contributed by atoms with van der Waals surface area (Å²) < 4.78 is 0.708. The summed E-state index contributed by atoms with van der Waals surface area (Å²) in [5.41, 5.74) is 0.258. The Morgan fingerprint density at radius 2 is 2.11 bits per heavy atom. The highest BCUT2D eigenvalue weighted by atomic mass is 79.9. The third-order valence-electron chi connectivity index (χ3n) is 2.34. The second-order valence-electron chi connectivity index (χ2n) is 4.02. The van der Waals surface area contributed by atoms with Gasteiger partial charge < -0.3 is 10.2 Å². The lowest BCUT2D eigenvalue weighted by Gasteiger charge is -2.19. The molecule has 0 heterocycles. The summed E-state index contributed by atoms with van der Waals surface area (Å²) in [5, 5.41) is 13.7. The number of nitro groups is 1. The van der Waals surface area contributed by atoms with Gasteiger partial charge in [0.15, 0.2) is 0 Å². The number of hydrogen-bond acceptors (Lipinski definition) is 4. The van der Waals surface area contributed by atoms with Crippen molar-refractivity contribution in [3.63, 3.8) is 0 Å². The van der Waals surface area contributed by atoms with Gasteiger partial charge in [-0.2, -0.15) is 0 Å². The number of hydrogen-bond donors (Lipinski definition) is 1. The van der Waals surface area contributed by atoms with Crippen LogP contribution in [0.2, 0.25) is 0 Å². The Morgan fingerprint density at radius 1 is 1.50 bits per heavy atom. The fourth-order valence-corrected chi connectivity index (χ4v) is 1.83. The first-order chi connectivity index (χ1) is 8.32. The number of benzene rings is 1. The smallest absolute Gasteiger partial charge is 0.292 e. The van der Waals surface area contributed by atoms with Crippen LogP contribution in [0.3, 0.4) is 0 Å². The van der Waals surface area contributed by atoms with Gasteiger partial charge >= 0.3 is 0 Å². The molecule has 1 amide bonds. The molecule has 0 aromatic heterocycles. The first-order valence-corrected chi connectivity index (χ1v) is 6.04. The zero-order valence-electron chi connectivity index (χ0n) is 10.3. The maximum Gasteiger partial charge on any atom is 0.292 e. The average molecular weight is 316 g/mol. The van der Waals surface area contributed by atoms with Gasteiger partial charge in [0.1, 0.15) is 11.7 Å². The van der Waals surface area contributed by atoms with E-state index in [1.54, 1.807) is 33.2 Å². The molecular formula is C11H14BrN3O3. The van der Waals surface area contributed by atoms with E-state index >= 15 is 0 Å². The van der Waals surface area contributed by atoms with Crippen molar-refractivity contribution in [2.75, 3.05) is 19.4 Å². The molecule has 1 N–H and O–H groups in total. The number of nitro benzene ring substituents is 1. The van der Waals surface area contributed by atoms with Crippen molar-refractivity contribution in [3.05, 3.63) is 32.8 Å². The van der Waals surface area contributed by atoms with Crippen molar-refractivity contribution >= 4 is 33.2 Å². The molecule has 0 bridgehead atoms. The molecule has 1 atom stereocenters. The van der Waals surface area contributed by atoms with E-state index < -0.39 is 11.0 Å². The summed E-state index contributed by atoms with van der Waals surface area (Å²) in [6.07, 6.45) is 0. The second-order valence-corrected chi connectivity index (χ2v) is 4.93. The fourth-order valence-electron chi connectivity index (χ4n) is 1.47. The number of likely N-dealkylation sites (N-methyl/N-ethyl adjacent to an activating group) is 1. The Morgan fingerprint density at radius 3 is 2.61 bits per heavy atom. The minimum atomic E-state index is -0.534. The highest BCUT2D eigenvalue weighted by Gasteiger charge is 2.20. The van der Waals surface area contributed by atoms with E-state index in [9.17, 15) is 14.9 Å². The Kier molecular flexibility index (Phi) is 4.66. The van der Waals surface area contributed by atoms with Crippen LogP contribution < -0.4 is 5.32 Å². The Balaban J connectivity index is 2.99. The van der Waals surface area contributed by atoms with Crippen LogP contribution in [0, 0.1) is 10.1 Å². The standard InChI is InChI=1S/C11H14BrN3O3/c1-7(11(16)14(2)3)13-9-6-8(12)4-5-10(9)15(17)18/h4-7,13H,1-3H3. The number of nitrogens with zero attached hydrogens (tertiary/aromatic N) is 2.